The van der Waals surface area contributed by atoms with Gasteiger partial charge in [-0.3, -0.25) is 4.79 Å². The molecule has 0 bridgehead atoms. The first kappa shape index (κ1) is 21.7. The van der Waals surface area contributed by atoms with Crippen molar-refractivity contribution in [3.8, 4) is 0 Å². The van der Waals surface area contributed by atoms with Gasteiger partial charge in [-0.25, -0.2) is 17.9 Å². The molecule has 0 fully saturated rings. The second-order valence-corrected chi connectivity index (χ2v) is 9.00. The van der Waals surface area contributed by atoms with Crippen molar-refractivity contribution in [2.75, 3.05) is 6.54 Å². The first-order chi connectivity index (χ1) is 15.3. The monoisotopic (exact) mass is 448 g/mol. The third kappa shape index (κ3) is 4.85. The van der Waals surface area contributed by atoms with Crippen LogP contribution in [0.3, 0.4) is 0 Å². The number of nitrogens with zero attached hydrogens (tertiary/aromatic N) is 1. The molecule has 7 heteroatoms. The Hall–Kier alpha value is -3.55. The molecule has 0 radical (unpaired) electrons. The van der Waals surface area contributed by atoms with Crippen LogP contribution in [0.1, 0.15) is 16.7 Å². The predicted molar refractivity (Wildman–Crippen MR) is 122 cm³/mol. The van der Waals surface area contributed by atoms with Gasteiger partial charge in [0.2, 0.25) is 10.0 Å². The molecule has 1 heterocycles. The van der Waals surface area contributed by atoms with Gasteiger partial charge in [0.1, 0.15) is 5.82 Å². The first-order valence-corrected chi connectivity index (χ1v) is 11.5. The van der Waals surface area contributed by atoms with Gasteiger partial charge in [0, 0.05) is 12.1 Å². The van der Waals surface area contributed by atoms with E-state index < -0.39 is 10.0 Å². The Morgan fingerprint density at radius 2 is 1.56 bits per heavy atom. The second kappa shape index (κ2) is 8.90. The molecule has 0 aliphatic carbocycles. The quantitative estimate of drug-likeness (QED) is 0.579. The zero-order valence-corrected chi connectivity index (χ0v) is 17.9. The Labute approximate surface area is 186 Å². The molecule has 0 atom stereocenters. The van der Waals surface area contributed by atoms with E-state index in [4.69, 9.17) is 5.14 Å². The number of carbonyl (C=O) groups is 1. The minimum atomic E-state index is -3.75. The Bertz CT molecular complexity index is 1300. The minimum absolute atomic E-state index is 0.0490. The lowest BCUT2D eigenvalue weighted by Crippen LogP contribution is -2.27. The molecule has 0 unspecified atom stereocenters. The SMILES string of the molecule is NS(=O)(=O)c1ccc(CCN2C(=O)/C(=C/c3ccc(F)cc3)C=C2c2ccccc2)cc1. The van der Waals surface area contributed by atoms with Crippen molar-refractivity contribution >= 4 is 27.7 Å². The highest BCUT2D eigenvalue weighted by atomic mass is 32.2. The van der Waals surface area contributed by atoms with E-state index in [0.717, 1.165) is 22.4 Å². The summed E-state index contributed by atoms with van der Waals surface area (Å²) >= 11 is 0. The van der Waals surface area contributed by atoms with Crippen LogP contribution in [0.2, 0.25) is 0 Å². The molecule has 4 rings (SSSR count). The summed E-state index contributed by atoms with van der Waals surface area (Å²) in [5.74, 6) is -0.477. The lowest BCUT2D eigenvalue weighted by molar-refractivity contribution is -0.122. The van der Waals surface area contributed by atoms with E-state index in [9.17, 15) is 17.6 Å². The summed E-state index contributed by atoms with van der Waals surface area (Å²) in [4.78, 5) is 15.0. The summed E-state index contributed by atoms with van der Waals surface area (Å²) in [6, 6.07) is 21.9. The number of hydrogen-bond donors (Lipinski definition) is 1. The van der Waals surface area contributed by atoms with Crippen molar-refractivity contribution in [1.29, 1.82) is 0 Å². The number of primary sulfonamides is 1. The van der Waals surface area contributed by atoms with Crippen LogP contribution >= 0.6 is 0 Å². The normalized spacial score (nSPS) is 15.3. The Kier molecular flexibility index (Phi) is 6.03. The number of hydrogen-bond acceptors (Lipinski definition) is 3. The van der Waals surface area contributed by atoms with Crippen molar-refractivity contribution in [2.45, 2.75) is 11.3 Å². The van der Waals surface area contributed by atoms with Gasteiger partial charge in [0.15, 0.2) is 0 Å². The van der Waals surface area contributed by atoms with Crippen LogP contribution in [0.4, 0.5) is 4.39 Å². The Balaban J connectivity index is 1.60. The summed E-state index contributed by atoms with van der Waals surface area (Å²) in [6.07, 6.45) is 4.11. The molecular formula is C25H21FN2O3S. The fourth-order valence-electron chi connectivity index (χ4n) is 3.55. The maximum absolute atomic E-state index is 13.2. The van der Waals surface area contributed by atoms with E-state index in [1.165, 1.54) is 24.3 Å². The molecule has 0 aromatic heterocycles. The molecule has 3 aromatic rings. The topological polar surface area (TPSA) is 80.5 Å². The van der Waals surface area contributed by atoms with Gasteiger partial charge in [-0.1, -0.05) is 54.6 Å². The van der Waals surface area contributed by atoms with Crippen LogP contribution in [0.15, 0.2) is 95.4 Å². The molecule has 0 saturated carbocycles. The Morgan fingerprint density at radius 1 is 0.906 bits per heavy atom. The fraction of sp³-hybridized carbons (Fsp3) is 0.0800. The number of halogens is 1. The van der Waals surface area contributed by atoms with Gasteiger partial charge in [-0.15, -0.1) is 0 Å². The van der Waals surface area contributed by atoms with Gasteiger partial charge in [0.25, 0.3) is 5.91 Å². The number of benzene rings is 3. The largest absolute Gasteiger partial charge is 0.307 e. The molecule has 1 aliphatic heterocycles. The van der Waals surface area contributed by atoms with Crippen molar-refractivity contribution in [1.82, 2.24) is 4.90 Å². The molecule has 1 amide bonds. The van der Waals surface area contributed by atoms with E-state index >= 15 is 0 Å². The van der Waals surface area contributed by atoms with Crippen LogP contribution < -0.4 is 5.14 Å². The highest BCUT2D eigenvalue weighted by Gasteiger charge is 2.28. The smallest absolute Gasteiger partial charge is 0.258 e. The van der Waals surface area contributed by atoms with Gasteiger partial charge in [0.05, 0.1) is 10.6 Å². The third-order valence-electron chi connectivity index (χ3n) is 5.21. The van der Waals surface area contributed by atoms with Crippen molar-refractivity contribution in [3.05, 3.63) is 113 Å². The molecular weight excluding hydrogens is 427 g/mol. The third-order valence-corrected chi connectivity index (χ3v) is 6.14. The maximum atomic E-state index is 13.2. The van der Waals surface area contributed by atoms with E-state index in [0.29, 0.717) is 18.5 Å². The second-order valence-electron chi connectivity index (χ2n) is 7.44. The van der Waals surface area contributed by atoms with Gasteiger partial charge in [-0.05, 0) is 59.5 Å². The van der Waals surface area contributed by atoms with Crippen molar-refractivity contribution < 1.29 is 17.6 Å². The van der Waals surface area contributed by atoms with Gasteiger partial charge >= 0.3 is 0 Å². The summed E-state index contributed by atoms with van der Waals surface area (Å²) in [5, 5.41) is 5.15. The van der Waals surface area contributed by atoms with Crippen LogP contribution in [0.25, 0.3) is 11.8 Å². The van der Waals surface area contributed by atoms with Gasteiger partial charge in [-0.2, -0.15) is 0 Å². The van der Waals surface area contributed by atoms with Crippen LogP contribution in [-0.4, -0.2) is 25.8 Å². The number of nitrogens with two attached hydrogens (primary N) is 1. The first-order valence-electron chi connectivity index (χ1n) is 9.99. The van der Waals surface area contributed by atoms with Crippen LogP contribution in [0, 0.1) is 5.82 Å². The highest BCUT2D eigenvalue weighted by Crippen LogP contribution is 2.31. The van der Waals surface area contributed by atoms with E-state index in [1.807, 2.05) is 36.4 Å². The number of amides is 1. The molecule has 0 spiro atoms. The highest BCUT2D eigenvalue weighted by molar-refractivity contribution is 7.89. The molecule has 3 aromatic carbocycles. The minimum Gasteiger partial charge on any atom is -0.307 e. The summed E-state index contributed by atoms with van der Waals surface area (Å²) in [6.45, 7) is 0.412. The zero-order chi connectivity index (χ0) is 22.7. The summed E-state index contributed by atoms with van der Waals surface area (Å²) < 4.78 is 36.1. The molecule has 5 nitrogen and oxygen atoms in total. The van der Waals surface area contributed by atoms with Gasteiger partial charge < -0.3 is 4.90 Å². The lowest BCUT2D eigenvalue weighted by Gasteiger charge is -2.21. The molecule has 162 valence electrons. The number of sulfonamides is 1. The van der Waals surface area contributed by atoms with E-state index in [-0.39, 0.29) is 16.6 Å². The molecule has 0 saturated heterocycles. The predicted octanol–water partition coefficient (Wildman–Crippen LogP) is 3.98. The molecule has 1 aliphatic rings. The maximum Gasteiger partial charge on any atom is 0.258 e. The fourth-order valence-corrected chi connectivity index (χ4v) is 4.07. The molecule has 32 heavy (non-hydrogen) atoms. The van der Waals surface area contributed by atoms with Crippen molar-refractivity contribution in [3.63, 3.8) is 0 Å². The summed E-state index contributed by atoms with van der Waals surface area (Å²) in [5.41, 5.74) is 3.82. The van der Waals surface area contributed by atoms with Crippen LogP contribution in [0.5, 0.6) is 0 Å². The molecule has 2 N–H and O–H groups in total. The average Bonchev–Trinajstić information content (AvgIpc) is 3.09. The number of rotatable bonds is 6. The summed E-state index contributed by atoms with van der Waals surface area (Å²) in [7, 11) is -3.75. The Morgan fingerprint density at radius 3 is 2.19 bits per heavy atom. The van der Waals surface area contributed by atoms with E-state index in [1.54, 1.807) is 35.2 Å². The number of carbonyl (C=O) groups excluding carboxylic acids is 1. The lowest BCUT2D eigenvalue weighted by atomic mass is 10.1. The zero-order valence-electron chi connectivity index (χ0n) is 17.1. The standard InChI is InChI=1S/C25H21FN2O3S/c26-22-10-6-19(7-11-22)16-21-17-24(20-4-2-1-3-5-20)28(25(21)29)15-14-18-8-12-23(13-9-18)32(27,30)31/h1-13,16-17H,14-15H2,(H2,27,30,31)/b21-16+. The van der Waals surface area contributed by atoms with Crippen molar-refractivity contribution in [2.24, 2.45) is 5.14 Å². The van der Waals surface area contributed by atoms with E-state index in [2.05, 4.69) is 0 Å². The average molecular weight is 449 g/mol. The van der Waals surface area contributed by atoms with Crippen LogP contribution in [-0.2, 0) is 21.2 Å².